The van der Waals surface area contributed by atoms with Crippen molar-refractivity contribution in [3.8, 4) is 22.4 Å². The number of rotatable bonds is 5. The molecule has 3 heterocycles. The van der Waals surface area contributed by atoms with Gasteiger partial charge in [-0.25, -0.2) is 0 Å². The quantitative estimate of drug-likeness (QED) is 0.127. The van der Waals surface area contributed by atoms with Gasteiger partial charge in [0.2, 0.25) is 0 Å². The Hall–Kier alpha value is -4.87. The molecule has 0 N–H and O–H groups in total. The second-order valence-electron chi connectivity index (χ2n) is 13.8. The molecule has 5 heteroatoms. The maximum atomic E-state index is 7.35. The summed E-state index contributed by atoms with van der Waals surface area (Å²) in [5.74, 6) is 6.99. The van der Waals surface area contributed by atoms with E-state index in [1.807, 2.05) is 36.5 Å². The molecule has 1 aliphatic heterocycles. The number of hydrogen-bond acceptors (Lipinski definition) is 3. The van der Waals surface area contributed by atoms with Crippen molar-refractivity contribution in [2.24, 2.45) is 4.99 Å². The molecule has 0 saturated carbocycles. The minimum Gasteiger partial charge on any atom is -0.501 e. The molecule has 1 unspecified atom stereocenters. The van der Waals surface area contributed by atoms with Gasteiger partial charge in [-0.1, -0.05) is 102 Å². The Kier molecular flexibility index (Phi) is 9.19. The average Bonchev–Trinajstić information content (AvgIpc) is 3.77. The number of nitrogens with zero attached hydrogens (tertiary/aromatic N) is 2. The fourth-order valence-electron chi connectivity index (χ4n) is 6.70. The van der Waals surface area contributed by atoms with Crippen molar-refractivity contribution in [1.82, 2.24) is 4.98 Å². The van der Waals surface area contributed by atoms with Gasteiger partial charge in [0.05, 0.1) is 11.3 Å². The predicted octanol–water partition coefficient (Wildman–Crippen LogP) is 11.7. The average molecular weight is 915 g/mol. The van der Waals surface area contributed by atoms with E-state index in [0.717, 1.165) is 50.2 Å². The van der Waals surface area contributed by atoms with Crippen LogP contribution < -0.4 is 4.40 Å². The zero-order valence-corrected chi connectivity index (χ0v) is 33.6. The fraction of sp³-hybridized carbons (Fsp3) is 0.106. The van der Waals surface area contributed by atoms with Gasteiger partial charge in [-0.2, -0.15) is 0 Å². The zero-order valence-electron chi connectivity index (χ0n) is 32.1. The summed E-state index contributed by atoms with van der Waals surface area (Å²) in [6, 6.07) is 55.5. The van der Waals surface area contributed by atoms with Crippen LogP contribution in [0.5, 0.6) is 0 Å². The molecule has 1 atom stereocenters. The molecule has 9 rings (SSSR count). The molecule has 3 nitrogen and oxygen atoms in total. The first-order valence-corrected chi connectivity index (χ1v) is 24.5. The molecule has 257 valence electrons. The van der Waals surface area contributed by atoms with Crippen molar-refractivity contribution in [1.29, 1.82) is 0 Å². The topological polar surface area (TPSA) is 38.4 Å². The summed E-state index contributed by atoms with van der Waals surface area (Å²) in [6.45, 7) is -2.08. The summed E-state index contributed by atoms with van der Waals surface area (Å²) in [7, 11) is 0. The molecule has 0 spiro atoms. The third kappa shape index (κ3) is 7.12. The van der Waals surface area contributed by atoms with E-state index in [0.29, 0.717) is 5.56 Å². The second-order valence-corrected chi connectivity index (χ2v) is 24.5. The van der Waals surface area contributed by atoms with E-state index in [4.69, 9.17) is 13.5 Å². The largest absolute Gasteiger partial charge is 0.501 e. The van der Waals surface area contributed by atoms with Gasteiger partial charge >= 0.3 is 110 Å². The van der Waals surface area contributed by atoms with Crippen molar-refractivity contribution in [2.45, 2.75) is 30.0 Å². The number of fused-ring (bicyclic) bond motifs is 4. The molecular formula is C47H38GeIrN2O-2. The molecule has 1 aliphatic rings. The Morgan fingerprint density at radius 3 is 2.29 bits per heavy atom. The second kappa shape index (κ2) is 15.0. The Bertz CT molecular complexity index is 2570. The molecule has 6 aromatic carbocycles. The molecular weight excluding hydrogens is 873 g/mol. The maximum absolute atomic E-state index is 7.35. The molecule has 8 aromatic rings. The molecule has 52 heavy (non-hydrogen) atoms. The van der Waals surface area contributed by atoms with Crippen LogP contribution in [0.25, 0.3) is 44.3 Å². The number of para-hydroxylation sites is 2. The van der Waals surface area contributed by atoms with Crippen LogP contribution in [0.3, 0.4) is 0 Å². The number of furan rings is 1. The SMILES string of the molecule is [2H]C([2H])([2H])c1c[c-]c(-c2cc[c]([Ge]([CH3])([CH3])[CH3])cn2)cc1.[Ir].[c-]1ccc2c(oc3ccccc32)c1C1=Nc2ccccc2C1c1cccc(-c2ccccc2)c1. The van der Waals surface area contributed by atoms with Gasteiger partial charge in [-0.05, 0) is 40.1 Å². The van der Waals surface area contributed by atoms with Crippen LogP contribution >= 0.6 is 0 Å². The maximum Gasteiger partial charge on any atom is 0.120 e. The number of aryl methyl sites for hydroxylation is 1. The van der Waals surface area contributed by atoms with E-state index in [1.54, 1.807) is 12.1 Å². The zero-order chi connectivity index (χ0) is 37.5. The van der Waals surface area contributed by atoms with Gasteiger partial charge in [-0.3, -0.25) is 4.99 Å². The third-order valence-electron chi connectivity index (χ3n) is 9.40. The van der Waals surface area contributed by atoms with E-state index in [-0.39, 0.29) is 26.0 Å². The predicted molar refractivity (Wildman–Crippen MR) is 215 cm³/mol. The summed E-state index contributed by atoms with van der Waals surface area (Å²) < 4.78 is 29.8. The van der Waals surface area contributed by atoms with Crippen LogP contribution in [-0.2, 0) is 20.1 Å². The molecule has 0 amide bonds. The molecule has 0 bridgehead atoms. The van der Waals surface area contributed by atoms with Gasteiger partial charge in [0.15, 0.2) is 0 Å². The first kappa shape index (κ1) is 31.8. The minimum absolute atomic E-state index is 0. The van der Waals surface area contributed by atoms with Crippen molar-refractivity contribution >= 4 is 51.0 Å². The fourth-order valence-corrected chi connectivity index (χ4v) is 8.87. The Labute approximate surface area is 326 Å². The van der Waals surface area contributed by atoms with Crippen molar-refractivity contribution in [2.75, 3.05) is 0 Å². The van der Waals surface area contributed by atoms with Crippen molar-refractivity contribution in [3.63, 3.8) is 0 Å². The van der Waals surface area contributed by atoms with Crippen molar-refractivity contribution in [3.05, 3.63) is 186 Å². The molecule has 0 aliphatic carbocycles. The van der Waals surface area contributed by atoms with Crippen LogP contribution in [-0.4, -0.2) is 24.0 Å². The summed E-state index contributed by atoms with van der Waals surface area (Å²) in [5, 5.41) is 2.21. The van der Waals surface area contributed by atoms with E-state index < -0.39 is 20.1 Å². The Balaban J connectivity index is 0.000000191. The third-order valence-corrected chi connectivity index (χ3v) is 13.7. The van der Waals surface area contributed by atoms with Crippen LogP contribution in [0.2, 0.25) is 17.3 Å². The van der Waals surface area contributed by atoms with Gasteiger partial charge in [0.25, 0.3) is 0 Å². The van der Waals surface area contributed by atoms with E-state index in [1.165, 1.54) is 32.7 Å². The minimum atomic E-state index is -2.08. The summed E-state index contributed by atoms with van der Waals surface area (Å²) in [5.41, 5.74) is 11.5. The number of aromatic nitrogens is 1. The number of aliphatic imine (C=N–C) groups is 1. The first-order chi connectivity index (χ1) is 26.0. The van der Waals surface area contributed by atoms with Gasteiger partial charge in [0, 0.05) is 31.4 Å². The number of hydrogen-bond donors (Lipinski definition) is 0. The molecule has 0 saturated heterocycles. The van der Waals surface area contributed by atoms with Gasteiger partial charge in [-0.15, -0.1) is 18.2 Å². The van der Waals surface area contributed by atoms with E-state index in [2.05, 4.69) is 131 Å². The number of benzene rings is 6. The summed E-state index contributed by atoms with van der Waals surface area (Å²) in [6.07, 6.45) is 1.95. The molecule has 0 fully saturated rings. The monoisotopic (exact) mass is 916 g/mol. The van der Waals surface area contributed by atoms with Crippen LogP contribution in [0.4, 0.5) is 5.69 Å². The smallest absolute Gasteiger partial charge is 0.120 e. The Morgan fingerprint density at radius 1 is 0.731 bits per heavy atom. The normalized spacial score (nSPS) is 14.6. The molecule has 2 aromatic heterocycles. The number of pyridine rings is 1. The summed E-state index contributed by atoms with van der Waals surface area (Å²) >= 11 is -1.83. The van der Waals surface area contributed by atoms with Crippen LogP contribution in [0.1, 0.15) is 32.3 Å². The summed E-state index contributed by atoms with van der Waals surface area (Å²) in [4.78, 5) is 9.61. The molecule has 1 radical (unpaired) electrons. The Morgan fingerprint density at radius 2 is 1.52 bits per heavy atom. The first-order valence-electron chi connectivity index (χ1n) is 18.7. The van der Waals surface area contributed by atoms with Crippen molar-refractivity contribution < 1.29 is 28.6 Å². The van der Waals surface area contributed by atoms with Gasteiger partial charge in [0.1, 0.15) is 5.58 Å². The van der Waals surface area contributed by atoms with Crippen LogP contribution in [0.15, 0.2) is 161 Å². The van der Waals surface area contributed by atoms with Crippen LogP contribution in [0, 0.1) is 19.0 Å². The van der Waals surface area contributed by atoms with E-state index in [9.17, 15) is 0 Å². The standard InChI is InChI=1S/C32H20NO.C15H18GeN.Ir/c1-2-10-21(11-3-1)22-12-8-13-23(20-22)30-26-15-4-6-18-28(26)33-31(30)27-17-9-16-25-24-14-5-7-19-29(24)34-32(25)27;1-12-5-7-13(8-6-12)15-10-9-14(11-17-15)16(2,3)4;/h1-16,18-20,30H;5-7,9-11H,1-4H3;/q2*-1;/i;1D3;. The van der Waals surface area contributed by atoms with E-state index >= 15 is 0 Å². The van der Waals surface area contributed by atoms with Gasteiger partial charge < -0.3 is 4.42 Å².